The van der Waals surface area contributed by atoms with Gasteiger partial charge in [-0.3, -0.25) is 0 Å². The van der Waals surface area contributed by atoms with Crippen molar-refractivity contribution in [2.24, 2.45) is 0 Å². The van der Waals surface area contributed by atoms with Crippen LogP contribution in [0, 0.1) is 12.7 Å². The predicted molar refractivity (Wildman–Crippen MR) is 84.0 cm³/mol. The summed E-state index contributed by atoms with van der Waals surface area (Å²) in [7, 11) is 0. The first-order chi connectivity index (χ1) is 9.20. The second kappa shape index (κ2) is 13.6. The average molecular weight is 266 g/mol. The van der Waals surface area contributed by atoms with E-state index < -0.39 is 0 Å². The fourth-order valence-corrected chi connectivity index (χ4v) is 1.92. The Bertz CT molecular complexity index is 247. The van der Waals surface area contributed by atoms with Crippen LogP contribution in [0.4, 0.5) is 4.39 Å². The maximum atomic E-state index is 12.1. The molecule has 0 unspecified atom stereocenters. The lowest BCUT2D eigenvalue weighted by molar-refractivity contribution is 0.572. The molecule has 1 aromatic rings. The first kappa shape index (κ1) is 18.1. The van der Waals surface area contributed by atoms with E-state index in [4.69, 9.17) is 0 Å². The Morgan fingerprint density at radius 1 is 0.684 bits per heavy atom. The Kier molecular flexibility index (Phi) is 13.0. The standard InChI is InChI=1S/C11H24.C7H7F/c1-3-5-7-9-11-10-8-6-4-2;1-6-2-4-7(8)5-3-6/h3-11H2,1-2H3;2-5H,1H3. The van der Waals surface area contributed by atoms with Crippen LogP contribution in [0.3, 0.4) is 0 Å². The number of unbranched alkanes of at least 4 members (excludes halogenated alkanes) is 8. The van der Waals surface area contributed by atoms with Crippen molar-refractivity contribution in [1.29, 1.82) is 0 Å². The summed E-state index contributed by atoms with van der Waals surface area (Å²) in [6.07, 6.45) is 13.0. The maximum absolute atomic E-state index is 12.1. The fourth-order valence-electron chi connectivity index (χ4n) is 1.92. The molecule has 0 heterocycles. The van der Waals surface area contributed by atoms with Crippen molar-refractivity contribution in [2.75, 3.05) is 0 Å². The van der Waals surface area contributed by atoms with Gasteiger partial charge in [0.15, 0.2) is 0 Å². The normalized spacial score (nSPS) is 9.89. The molecule has 110 valence electrons. The van der Waals surface area contributed by atoms with E-state index in [1.165, 1.54) is 69.9 Å². The third-order valence-electron chi connectivity index (χ3n) is 3.22. The zero-order valence-electron chi connectivity index (χ0n) is 13.1. The van der Waals surface area contributed by atoms with Crippen LogP contribution in [0.25, 0.3) is 0 Å². The zero-order chi connectivity index (χ0) is 14.3. The summed E-state index contributed by atoms with van der Waals surface area (Å²) in [6, 6.07) is 6.40. The van der Waals surface area contributed by atoms with Crippen LogP contribution in [-0.2, 0) is 0 Å². The van der Waals surface area contributed by atoms with Gasteiger partial charge < -0.3 is 0 Å². The second-order valence-corrected chi connectivity index (χ2v) is 5.27. The van der Waals surface area contributed by atoms with Gasteiger partial charge in [0.2, 0.25) is 0 Å². The number of aryl methyl sites for hydroxylation is 1. The number of hydrogen-bond acceptors (Lipinski definition) is 0. The minimum Gasteiger partial charge on any atom is -0.207 e. The molecule has 0 nitrogen and oxygen atoms in total. The summed E-state index contributed by atoms with van der Waals surface area (Å²) >= 11 is 0. The SMILES string of the molecule is CCCCCCCCCCC.Cc1ccc(F)cc1. The summed E-state index contributed by atoms with van der Waals surface area (Å²) in [5, 5.41) is 0. The lowest BCUT2D eigenvalue weighted by Crippen LogP contribution is -1.79. The van der Waals surface area contributed by atoms with Crippen molar-refractivity contribution in [2.45, 2.75) is 78.6 Å². The highest BCUT2D eigenvalue weighted by Gasteiger charge is 1.89. The highest BCUT2D eigenvalue weighted by molar-refractivity contribution is 5.13. The number of hydrogen-bond donors (Lipinski definition) is 0. The number of rotatable bonds is 8. The van der Waals surface area contributed by atoms with E-state index in [0.717, 1.165) is 5.56 Å². The summed E-state index contributed by atoms with van der Waals surface area (Å²) < 4.78 is 12.1. The molecule has 0 spiro atoms. The molecule has 1 heteroatoms. The monoisotopic (exact) mass is 266 g/mol. The smallest absolute Gasteiger partial charge is 0.123 e. The largest absolute Gasteiger partial charge is 0.207 e. The quantitative estimate of drug-likeness (QED) is 0.461. The van der Waals surface area contributed by atoms with Crippen LogP contribution in [0.5, 0.6) is 0 Å². The van der Waals surface area contributed by atoms with Gasteiger partial charge in [-0.05, 0) is 19.1 Å². The molecule has 0 bridgehead atoms. The lowest BCUT2D eigenvalue weighted by Gasteiger charge is -1.98. The Morgan fingerprint density at radius 2 is 1.05 bits per heavy atom. The summed E-state index contributed by atoms with van der Waals surface area (Å²) in [5.74, 6) is -0.171. The Balaban J connectivity index is 0.000000356. The Morgan fingerprint density at radius 3 is 1.37 bits per heavy atom. The molecule has 0 fully saturated rings. The van der Waals surface area contributed by atoms with Crippen LogP contribution in [0.1, 0.15) is 77.2 Å². The molecule has 0 amide bonds. The molecule has 0 aliphatic carbocycles. The van der Waals surface area contributed by atoms with Crippen molar-refractivity contribution in [3.63, 3.8) is 0 Å². The molecule has 1 rings (SSSR count). The lowest BCUT2D eigenvalue weighted by atomic mass is 10.1. The molecule has 0 aromatic heterocycles. The van der Waals surface area contributed by atoms with Crippen molar-refractivity contribution in [1.82, 2.24) is 0 Å². The minimum atomic E-state index is -0.171. The van der Waals surface area contributed by atoms with Gasteiger partial charge in [-0.25, -0.2) is 4.39 Å². The van der Waals surface area contributed by atoms with Gasteiger partial charge in [-0.15, -0.1) is 0 Å². The van der Waals surface area contributed by atoms with E-state index in [-0.39, 0.29) is 5.82 Å². The van der Waals surface area contributed by atoms with Gasteiger partial charge in [0.05, 0.1) is 0 Å². The van der Waals surface area contributed by atoms with Gasteiger partial charge in [0.1, 0.15) is 5.82 Å². The summed E-state index contributed by atoms with van der Waals surface area (Å²) in [5.41, 5.74) is 1.09. The molecule has 0 aliphatic rings. The van der Waals surface area contributed by atoms with Gasteiger partial charge >= 0.3 is 0 Å². The first-order valence-corrected chi connectivity index (χ1v) is 7.92. The van der Waals surface area contributed by atoms with Crippen molar-refractivity contribution in [3.05, 3.63) is 35.6 Å². The molecule has 0 saturated heterocycles. The van der Waals surface area contributed by atoms with Crippen molar-refractivity contribution >= 4 is 0 Å². The topological polar surface area (TPSA) is 0 Å². The molecule has 0 saturated carbocycles. The molecular formula is C18H31F. The van der Waals surface area contributed by atoms with Gasteiger partial charge in [-0.1, -0.05) is 89.3 Å². The van der Waals surface area contributed by atoms with E-state index in [1.54, 1.807) is 12.1 Å². The van der Waals surface area contributed by atoms with Crippen LogP contribution >= 0.6 is 0 Å². The molecular weight excluding hydrogens is 235 g/mol. The molecule has 0 radical (unpaired) electrons. The predicted octanol–water partition coefficient (Wildman–Crippen LogP) is 6.67. The number of benzene rings is 1. The van der Waals surface area contributed by atoms with Crippen LogP contribution < -0.4 is 0 Å². The van der Waals surface area contributed by atoms with Crippen LogP contribution in [0.15, 0.2) is 24.3 Å². The zero-order valence-corrected chi connectivity index (χ0v) is 13.1. The highest BCUT2D eigenvalue weighted by atomic mass is 19.1. The molecule has 0 atom stereocenters. The Hall–Kier alpha value is -0.850. The van der Waals surface area contributed by atoms with Gasteiger partial charge in [0.25, 0.3) is 0 Å². The minimum absolute atomic E-state index is 0.171. The molecule has 19 heavy (non-hydrogen) atoms. The van der Waals surface area contributed by atoms with Crippen molar-refractivity contribution in [3.8, 4) is 0 Å². The third kappa shape index (κ3) is 13.4. The maximum Gasteiger partial charge on any atom is 0.123 e. The van der Waals surface area contributed by atoms with E-state index in [2.05, 4.69) is 13.8 Å². The summed E-state index contributed by atoms with van der Waals surface area (Å²) in [4.78, 5) is 0. The number of halogens is 1. The van der Waals surface area contributed by atoms with Crippen LogP contribution in [-0.4, -0.2) is 0 Å². The van der Waals surface area contributed by atoms with E-state index >= 15 is 0 Å². The van der Waals surface area contributed by atoms with E-state index in [9.17, 15) is 4.39 Å². The highest BCUT2D eigenvalue weighted by Crippen LogP contribution is 2.08. The van der Waals surface area contributed by atoms with Crippen LogP contribution in [0.2, 0.25) is 0 Å². The van der Waals surface area contributed by atoms with Crippen molar-refractivity contribution < 1.29 is 4.39 Å². The van der Waals surface area contributed by atoms with Gasteiger partial charge in [0, 0.05) is 0 Å². The fraction of sp³-hybridized carbons (Fsp3) is 0.667. The first-order valence-electron chi connectivity index (χ1n) is 7.92. The van der Waals surface area contributed by atoms with E-state index in [0.29, 0.717) is 0 Å². The molecule has 0 aliphatic heterocycles. The van der Waals surface area contributed by atoms with Gasteiger partial charge in [-0.2, -0.15) is 0 Å². The molecule has 1 aromatic carbocycles. The Labute approximate surface area is 119 Å². The molecule has 0 N–H and O–H groups in total. The average Bonchev–Trinajstić information content (AvgIpc) is 2.42. The second-order valence-electron chi connectivity index (χ2n) is 5.27. The third-order valence-corrected chi connectivity index (χ3v) is 3.22. The van der Waals surface area contributed by atoms with E-state index in [1.807, 2.05) is 6.92 Å². The summed E-state index contributed by atoms with van der Waals surface area (Å²) in [6.45, 7) is 6.48.